The number of hydrogen-bond acceptors (Lipinski definition) is 6. The first-order valence-corrected chi connectivity index (χ1v) is 10.6. The first-order valence-electron chi connectivity index (χ1n) is 9.20. The maximum absolute atomic E-state index is 13.0. The molecule has 8 nitrogen and oxygen atoms in total. The van der Waals surface area contributed by atoms with Gasteiger partial charge in [0.05, 0.1) is 23.6 Å². The summed E-state index contributed by atoms with van der Waals surface area (Å²) in [5.74, 6) is -1.01. The molecular formula is C21H19N3O5S. The lowest BCUT2D eigenvalue weighted by Crippen LogP contribution is -2.34. The summed E-state index contributed by atoms with van der Waals surface area (Å²) in [6.45, 7) is 1.50. The number of amides is 2. The lowest BCUT2D eigenvalue weighted by atomic mass is 10.2. The quantitative estimate of drug-likeness (QED) is 0.584. The van der Waals surface area contributed by atoms with E-state index in [0.717, 1.165) is 10.5 Å². The number of fused-ring (bicyclic) bond motifs is 1. The smallest absolute Gasteiger partial charge is 0.277 e. The highest BCUT2D eigenvalue weighted by molar-refractivity contribution is 7.90. The monoisotopic (exact) mass is 425 g/mol. The van der Waals surface area contributed by atoms with Crippen LogP contribution >= 0.6 is 0 Å². The average molecular weight is 425 g/mol. The summed E-state index contributed by atoms with van der Waals surface area (Å²) in [6.07, 6.45) is 2.66. The summed E-state index contributed by atoms with van der Waals surface area (Å²) >= 11 is 0. The number of nitrogens with one attached hydrogen (secondary N) is 1. The van der Waals surface area contributed by atoms with Crippen molar-refractivity contribution in [3.8, 4) is 0 Å². The molecule has 1 aliphatic heterocycles. The Labute approximate surface area is 173 Å². The van der Waals surface area contributed by atoms with Crippen molar-refractivity contribution in [1.29, 1.82) is 0 Å². The molecule has 0 saturated carbocycles. The van der Waals surface area contributed by atoms with Gasteiger partial charge in [0.2, 0.25) is 0 Å². The number of nitrogens with zero attached hydrogens (tertiary/aromatic N) is 2. The molecule has 2 aromatic carbocycles. The van der Waals surface area contributed by atoms with Crippen LogP contribution in [0.2, 0.25) is 0 Å². The van der Waals surface area contributed by atoms with E-state index in [0.29, 0.717) is 16.6 Å². The van der Waals surface area contributed by atoms with Gasteiger partial charge >= 0.3 is 0 Å². The van der Waals surface area contributed by atoms with Crippen molar-refractivity contribution in [3.63, 3.8) is 0 Å². The van der Waals surface area contributed by atoms with E-state index in [1.165, 1.54) is 16.2 Å². The maximum atomic E-state index is 13.0. The summed E-state index contributed by atoms with van der Waals surface area (Å²) in [6, 6.07) is 13.3. The zero-order valence-corrected chi connectivity index (χ0v) is 16.9. The van der Waals surface area contributed by atoms with Crippen LogP contribution in [-0.4, -0.2) is 47.4 Å². The van der Waals surface area contributed by atoms with E-state index in [9.17, 15) is 18.0 Å². The van der Waals surface area contributed by atoms with Gasteiger partial charge < -0.3 is 10.4 Å². The SMILES string of the molecule is Cc1ccc(S(=O)(=O)n2ccc3cc(NC4=CC(=O)N(CCO)C4=O)ccc32)cc1. The number of imide groups is 1. The van der Waals surface area contributed by atoms with Gasteiger partial charge in [0, 0.05) is 23.3 Å². The minimum absolute atomic E-state index is 0.0713. The molecule has 1 aromatic heterocycles. The highest BCUT2D eigenvalue weighted by Crippen LogP contribution is 2.26. The zero-order valence-electron chi connectivity index (χ0n) is 16.1. The van der Waals surface area contributed by atoms with Crippen LogP contribution in [0.3, 0.4) is 0 Å². The molecule has 154 valence electrons. The van der Waals surface area contributed by atoms with E-state index in [-0.39, 0.29) is 23.7 Å². The fourth-order valence-electron chi connectivity index (χ4n) is 3.29. The van der Waals surface area contributed by atoms with Gasteiger partial charge in [-0.1, -0.05) is 17.7 Å². The topological polar surface area (TPSA) is 109 Å². The number of aliphatic hydroxyl groups is 1. The Kier molecular flexibility index (Phi) is 4.92. The highest BCUT2D eigenvalue weighted by Gasteiger charge is 2.30. The number of hydrogen-bond donors (Lipinski definition) is 2. The van der Waals surface area contributed by atoms with Crippen LogP contribution in [-0.2, 0) is 19.6 Å². The molecule has 3 aromatic rings. The number of aryl methyl sites for hydroxylation is 1. The molecule has 30 heavy (non-hydrogen) atoms. The first kappa shape index (κ1) is 19.9. The van der Waals surface area contributed by atoms with E-state index in [4.69, 9.17) is 5.11 Å². The lowest BCUT2D eigenvalue weighted by molar-refractivity contribution is -0.137. The van der Waals surface area contributed by atoms with Crippen LogP contribution in [0.1, 0.15) is 5.56 Å². The molecule has 9 heteroatoms. The number of carbonyl (C=O) groups is 2. The molecule has 0 saturated heterocycles. The number of rotatable bonds is 6. The van der Waals surface area contributed by atoms with Gasteiger partial charge in [-0.3, -0.25) is 14.5 Å². The van der Waals surface area contributed by atoms with E-state index >= 15 is 0 Å². The molecule has 0 fully saturated rings. The van der Waals surface area contributed by atoms with Gasteiger partial charge in [0.1, 0.15) is 5.70 Å². The van der Waals surface area contributed by atoms with Crippen LogP contribution in [0.25, 0.3) is 10.9 Å². The Balaban J connectivity index is 1.63. The van der Waals surface area contributed by atoms with E-state index < -0.39 is 21.8 Å². The molecule has 0 radical (unpaired) electrons. The third-order valence-corrected chi connectivity index (χ3v) is 6.55. The minimum atomic E-state index is -3.75. The highest BCUT2D eigenvalue weighted by atomic mass is 32.2. The molecule has 0 atom stereocenters. The molecule has 2 heterocycles. The summed E-state index contributed by atoms with van der Waals surface area (Å²) < 4.78 is 27.2. The molecule has 2 amide bonds. The molecule has 1 aliphatic rings. The van der Waals surface area contributed by atoms with Crippen molar-refractivity contribution >= 4 is 38.4 Å². The number of benzene rings is 2. The van der Waals surface area contributed by atoms with Crippen LogP contribution in [0.5, 0.6) is 0 Å². The van der Waals surface area contributed by atoms with Crippen LogP contribution in [0.4, 0.5) is 5.69 Å². The minimum Gasteiger partial charge on any atom is -0.395 e. The molecule has 2 N–H and O–H groups in total. The third kappa shape index (κ3) is 3.38. The largest absolute Gasteiger partial charge is 0.395 e. The second-order valence-corrected chi connectivity index (χ2v) is 8.72. The summed E-state index contributed by atoms with van der Waals surface area (Å²) in [4.78, 5) is 25.3. The van der Waals surface area contributed by atoms with Gasteiger partial charge in [-0.25, -0.2) is 12.4 Å². The molecule has 4 rings (SSSR count). The van der Waals surface area contributed by atoms with Crippen molar-refractivity contribution in [2.45, 2.75) is 11.8 Å². The van der Waals surface area contributed by atoms with Gasteiger partial charge in [-0.2, -0.15) is 0 Å². The maximum Gasteiger partial charge on any atom is 0.277 e. The Morgan fingerprint density at radius 1 is 1.03 bits per heavy atom. The van der Waals surface area contributed by atoms with Crippen molar-refractivity contribution in [3.05, 3.63) is 72.1 Å². The number of β-amino-alcohol motifs (C(OH)–C–C–N with tert-alkyl or cyclic N) is 1. The molecule has 0 unspecified atom stereocenters. The van der Waals surface area contributed by atoms with Crippen LogP contribution in [0.15, 0.2) is 71.4 Å². The van der Waals surface area contributed by atoms with Crippen molar-refractivity contribution in [2.24, 2.45) is 0 Å². The molecule has 0 bridgehead atoms. The predicted octanol–water partition coefficient (Wildman–Crippen LogP) is 1.84. The molecule has 0 spiro atoms. The van der Waals surface area contributed by atoms with Crippen molar-refractivity contribution in [2.75, 3.05) is 18.5 Å². The van der Waals surface area contributed by atoms with E-state index in [2.05, 4.69) is 5.32 Å². The summed E-state index contributed by atoms with van der Waals surface area (Å²) in [5.41, 5.74) is 2.09. The summed E-state index contributed by atoms with van der Waals surface area (Å²) in [5, 5.41) is 12.5. The standard InChI is InChI=1S/C21H19N3O5S/c1-14-2-5-17(6-3-14)30(28,29)24-9-8-15-12-16(4-7-19(15)24)22-18-13-20(26)23(10-11-25)21(18)27/h2-9,12-13,22,25H,10-11H2,1H3. The van der Waals surface area contributed by atoms with Gasteiger partial charge in [0.15, 0.2) is 0 Å². The molecular weight excluding hydrogens is 406 g/mol. The zero-order chi connectivity index (χ0) is 21.5. The fourth-order valence-corrected chi connectivity index (χ4v) is 4.65. The Hall–Kier alpha value is -3.43. The molecule has 0 aliphatic carbocycles. The number of aromatic nitrogens is 1. The van der Waals surface area contributed by atoms with Crippen LogP contribution in [0, 0.1) is 6.92 Å². The summed E-state index contributed by atoms with van der Waals surface area (Å²) in [7, 11) is -3.75. The lowest BCUT2D eigenvalue weighted by Gasteiger charge is -2.13. The Morgan fingerprint density at radius 3 is 2.47 bits per heavy atom. The van der Waals surface area contributed by atoms with Gasteiger partial charge in [0.25, 0.3) is 21.8 Å². The van der Waals surface area contributed by atoms with E-state index in [1.807, 2.05) is 6.92 Å². The number of carbonyl (C=O) groups excluding carboxylic acids is 2. The van der Waals surface area contributed by atoms with Crippen LogP contribution < -0.4 is 5.32 Å². The first-order chi connectivity index (χ1) is 14.3. The van der Waals surface area contributed by atoms with Crippen molar-refractivity contribution < 1.29 is 23.1 Å². The number of aliphatic hydroxyl groups excluding tert-OH is 1. The fraction of sp³-hybridized carbons (Fsp3) is 0.143. The Bertz CT molecular complexity index is 1290. The number of anilines is 1. The van der Waals surface area contributed by atoms with Crippen molar-refractivity contribution in [1.82, 2.24) is 8.87 Å². The predicted molar refractivity (Wildman–Crippen MR) is 111 cm³/mol. The third-order valence-electron chi connectivity index (χ3n) is 4.84. The van der Waals surface area contributed by atoms with E-state index in [1.54, 1.807) is 48.5 Å². The normalized spacial score (nSPS) is 14.5. The van der Waals surface area contributed by atoms with Gasteiger partial charge in [-0.05, 0) is 43.3 Å². The Morgan fingerprint density at radius 2 is 1.77 bits per heavy atom. The average Bonchev–Trinajstić information content (AvgIpc) is 3.25. The van der Waals surface area contributed by atoms with Gasteiger partial charge in [-0.15, -0.1) is 0 Å². The second-order valence-electron chi connectivity index (χ2n) is 6.90. The second kappa shape index (κ2) is 7.43.